The Morgan fingerprint density at radius 1 is 1.44 bits per heavy atom. The van der Waals surface area contributed by atoms with Crippen molar-refractivity contribution in [2.24, 2.45) is 5.84 Å². The molecule has 0 aliphatic carbocycles. The van der Waals surface area contributed by atoms with E-state index in [-0.39, 0.29) is 5.12 Å². The lowest BCUT2D eigenvalue weighted by Crippen LogP contribution is -2.05. The van der Waals surface area contributed by atoms with Crippen LogP contribution in [0.5, 0.6) is 0 Å². The number of benzene rings is 1. The number of allylic oxidation sites excluding steroid dienone is 1. The lowest BCUT2D eigenvalue weighted by atomic mass is 10.2. The Morgan fingerprint density at radius 2 is 2.12 bits per heavy atom. The molecule has 1 aromatic carbocycles. The van der Waals surface area contributed by atoms with Crippen LogP contribution in [-0.4, -0.2) is 10.9 Å². The number of anilines is 1. The molecule has 4 heteroatoms. The van der Waals surface area contributed by atoms with Gasteiger partial charge in [0, 0.05) is 18.4 Å². The monoisotopic (exact) mass is 236 g/mol. The van der Waals surface area contributed by atoms with E-state index < -0.39 is 0 Å². The van der Waals surface area contributed by atoms with Crippen LogP contribution in [0.2, 0.25) is 0 Å². The molecule has 1 aromatic rings. The molecule has 3 nitrogen and oxygen atoms in total. The van der Waals surface area contributed by atoms with E-state index in [1.807, 2.05) is 30.3 Å². The molecule has 86 valence electrons. The molecule has 0 aliphatic heterocycles. The van der Waals surface area contributed by atoms with Gasteiger partial charge in [-0.25, -0.2) is 0 Å². The Kier molecular flexibility index (Phi) is 5.67. The Hall–Kier alpha value is -1.26. The minimum Gasteiger partial charge on any atom is -0.324 e. The largest absolute Gasteiger partial charge is 0.324 e. The Bertz CT molecular complexity index is 360. The fourth-order valence-corrected chi connectivity index (χ4v) is 1.72. The van der Waals surface area contributed by atoms with Gasteiger partial charge in [-0.3, -0.25) is 10.6 Å². The van der Waals surface area contributed by atoms with Gasteiger partial charge >= 0.3 is 0 Å². The van der Waals surface area contributed by atoms with Crippen LogP contribution in [0.3, 0.4) is 0 Å². The first-order valence-electron chi connectivity index (χ1n) is 5.09. The summed E-state index contributed by atoms with van der Waals surface area (Å²) >= 11 is 1.36. The van der Waals surface area contributed by atoms with Gasteiger partial charge in [0.05, 0.1) is 0 Å². The van der Waals surface area contributed by atoms with Crippen molar-refractivity contribution in [1.82, 2.24) is 0 Å². The van der Waals surface area contributed by atoms with Crippen molar-refractivity contribution in [2.45, 2.75) is 13.3 Å². The molecular weight excluding hydrogens is 220 g/mol. The second-order valence-electron chi connectivity index (χ2n) is 3.30. The average molecular weight is 236 g/mol. The number of hydrogen-bond acceptors (Lipinski definition) is 4. The maximum atomic E-state index is 10.7. The number of carbonyl (C=O) groups excluding carboxylic acids is 1. The van der Waals surface area contributed by atoms with Crippen LogP contribution >= 0.6 is 11.8 Å². The number of nitrogen functional groups attached to an aromatic ring is 1. The van der Waals surface area contributed by atoms with E-state index in [1.54, 1.807) is 6.92 Å². The van der Waals surface area contributed by atoms with Gasteiger partial charge < -0.3 is 5.43 Å². The van der Waals surface area contributed by atoms with Gasteiger partial charge in [0.25, 0.3) is 0 Å². The van der Waals surface area contributed by atoms with Gasteiger partial charge in [-0.15, -0.1) is 0 Å². The van der Waals surface area contributed by atoms with Crippen molar-refractivity contribution in [3.8, 4) is 0 Å². The van der Waals surface area contributed by atoms with E-state index in [0.29, 0.717) is 0 Å². The van der Waals surface area contributed by atoms with Gasteiger partial charge in [0.1, 0.15) is 0 Å². The third-order valence-corrected chi connectivity index (χ3v) is 2.82. The van der Waals surface area contributed by atoms with E-state index in [9.17, 15) is 4.79 Å². The second-order valence-corrected chi connectivity index (χ2v) is 4.57. The first kappa shape index (κ1) is 12.8. The highest BCUT2D eigenvalue weighted by molar-refractivity contribution is 8.13. The third-order valence-electron chi connectivity index (χ3n) is 1.98. The Labute approximate surface area is 100 Å². The molecule has 0 unspecified atom stereocenters. The maximum absolute atomic E-state index is 10.7. The van der Waals surface area contributed by atoms with E-state index in [2.05, 4.69) is 11.5 Å². The summed E-state index contributed by atoms with van der Waals surface area (Å²) in [6, 6.07) is 7.82. The molecule has 3 N–H and O–H groups in total. The second kappa shape index (κ2) is 7.09. The van der Waals surface area contributed by atoms with E-state index in [0.717, 1.165) is 23.4 Å². The van der Waals surface area contributed by atoms with Crippen molar-refractivity contribution in [1.29, 1.82) is 0 Å². The molecule has 16 heavy (non-hydrogen) atoms. The van der Waals surface area contributed by atoms with Crippen LogP contribution in [0, 0.1) is 0 Å². The van der Waals surface area contributed by atoms with Crippen molar-refractivity contribution in [2.75, 3.05) is 11.2 Å². The number of hydrazine groups is 1. The molecule has 0 radical (unpaired) electrons. The number of rotatable bonds is 5. The summed E-state index contributed by atoms with van der Waals surface area (Å²) in [5.74, 6) is 6.11. The summed E-state index contributed by atoms with van der Waals surface area (Å²) in [6.45, 7) is 1.59. The first-order chi connectivity index (χ1) is 7.72. The molecule has 0 saturated heterocycles. The highest BCUT2D eigenvalue weighted by atomic mass is 32.2. The summed E-state index contributed by atoms with van der Waals surface area (Å²) in [7, 11) is 0. The van der Waals surface area contributed by atoms with Crippen LogP contribution in [0.15, 0.2) is 30.3 Å². The number of nitrogens with two attached hydrogens (primary N) is 1. The van der Waals surface area contributed by atoms with E-state index in [1.165, 1.54) is 11.8 Å². The predicted octanol–water partition coefficient (Wildman–Crippen LogP) is 2.66. The minimum atomic E-state index is 0.173. The SMILES string of the molecule is CC(=O)SCCC=Cc1ccc(NN)cc1. The molecule has 0 bridgehead atoms. The normalized spacial score (nSPS) is 10.6. The van der Waals surface area contributed by atoms with E-state index in [4.69, 9.17) is 5.84 Å². The molecule has 0 atom stereocenters. The fraction of sp³-hybridized carbons (Fsp3) is 0.250. The standard InChI is InChI=1S/C12H16N2OS/c1-10(15)16-9-3-2-4-11-5-7-12(14-13)8-6-11/h2,4-8,14H,3,9,13H2,1H3. The van der Waals surface area contributed by atoms with Gasteiger partial charge in [0.2, 0.25) is 0 Å². The van der Waals surface area contributed by atoms with Crippen molar-refractivity contribution in [3.63, 3.8) is 0 Å². The summed E-state index contributed by atoms with van der Waals surface area (Å²) in [5, 5.41) is 0.173. The highest BCUT2D eigenvalue weighted by Gasteiger charge is 1.91. The van der Waals surface area contributed by atoms with Crippen LogP contribution in [0.1, 0.15) is 18.9 Å². The molecule has 1 rings (SSSR count). The van der Waals surface area contributed by atoms with Crippen LogP contribution in [0.4, 0.5) is 5.69 Å². The summed E-state index contributed by atoms with van der Waals surface area (Å²) in [4.78, 5) is 10.7. The molecule has 0 aromatic heterocycles. The summed E-state index contributed by atoms with van der Waals surface area (Å²) in [6.07, 6.45) is 5.02. The molecular formula is C12H16N2OS. The minimum absolute atomic E-state index is 0.173. The van der Waals surface area contributed by atoms with Gasteiger partial charge in [-0.05, 0) is 24.1 Å². The average Bonchev–Trinajstić information content (AvgIpc) is 2.29. The van der Waals surface area contributed by atoms with Crippen molar-refractivity contribution >= 4 is 28.6 Å². The Balaban J connectivity index is 2.35. The van der Waals surface area contributed by atoms with Crippen LogP contribution < -0.4 is 11.3 Å². The van der Waals surface area contributed by atoms with Crippen LogP contribution in [-0.2, 0) is 4.79 Å². The molecule has 0 amide bonds. The van der Waals surface area contributed by atoms with Crippen LogP contribution in [0.25, 0.3) is 6.08 Å². The highest BCUT2D eigenvalue weighted by Crippen LogP contribution is 2.10. The first-order valence-corrected chi connectivity index (χ1v) is 6.07. The number of thioether (sulfide) groups is 1. The van der Waals surface area contributed by atoms with Gasteiger partial charge in [-0.2, -0.15) is 0 Å². The van der Waals surface area contributed by atoms with Crippen molar-refractivity contribution in [3.05, 3.63) is 35.9 Å². The van der Waals surface area contributed by atoms with E-state index >= 15 is 0 Å². The molecule has 0 spiro atoms. The quantitative estimate of drug-likeness (QED) is 0.469. The molecule has 0 heterocycles. The third kappa shape index (κ3) is 5.00. The molecule has 0 aliphatic rings. The van der Waals surface area contributed by atoms with Gasteiger partial charge in [-0.1, -0.05) is 36.0 Å². The summed E-state index contributed by atoms with van der Waals surface area (Å²) < 4.78 is 0. The smallest absolute Gasteiger partial charge is 0.185 e. The van der Waals surface area contributed by atoms with Crippen molar-refractivity contribution < 1.29 is 4.79 Å². The zero-order valence-electron chi connectivity index (χ0n) is 9.27. The lowest BCUT2D eigenvalue weighted by molar-refractivity contribution is -0.109. The zero-order chi connectivity index (χ0) is 11.8. The zero-order valence-corrected chi connectivity index (χ0v) is 10.1. The topological polar surface area (TPSA) is 55.1 Å². The number of hydrogen-bond donors (Lipinski definition) is 2. The number of carbonyl (C=O) groups is 1. The maximum Gasteiger partial charge on any atom is 0.185 e. The summed E-state index contributed by atoms with van der Waals surface area (Å²) in [5.41, 5.74) is 4.60. The number of nitrogens with one attached hydrogen (secondary N) is 1. The molecule has 0 fully saturated rings. The fourth-order valence-electron chi connectivity index (χ4n) is 1.18. The Morgan fingerprint density at radius 3 is 2.69 bits per heavy atom. The predicted molar refractivity (Wildman–Crippen MR) is 71.0 cm³/mol. The molecule has 0 saturated carbocycles. The lowest BCUT2D eigenvalue weighted by Gasteiger charge is -1.99. The van der Waals surface area contributed by atoms with Gasteiger partial charge in [0.15, 0.2) is 5.12 Å².